The van der Waals surface area contributed by atoms with Crippen molar-refractivity contribution < 1.29 is 18.0 Å². The van der Waals surface area contributed by atoms with Gasteiger partial charge in [-0.2, -0.15) is 0 Å². The van der Waals surface area contributed by atoms with Gasteiger partial charge < -0.3 is 0 Å². The molecule has 1 aliphatic heterocycles. The monoisotopic (exact) mass is 362 g/mol. The summed E-state index contributed by atoms with van der Waals surface area (Å²) in [6.45, 7) is 5.64. The smallest absolute Gasteiger partial charge is 0.178 e. The van der Waals surface area contributed by atoms with Crippen LogP contribution >= 0.6 is 0 Å². The first kappa shape index (κ1) is 17.2. The molecular weight excluding hydrogens is 336 g/mol. The molecule has 2 saturated carbocycles. The molecule has 25 heavy (non-hydrogen) atoms. The molecule has 5 atom stereocenters. The van der Waals surface area contributed by atoms with E-state index in [1.807, 2.05) is 6.92 Å². The van der Waals surface area contributed by atoms with E-state index in [1.165, 1.54) is 18.6 Å². The Morgan fingerprint density at radius 2 is 1.88 bits per heavy atom. The van der Waals surface area contributed by atoms with Gasteiger partial charge in [-0.3, -0.25) is 9.59 Å². The quantitative estimate of drug-likeness (QED) is 0.620. The highest BCUT2D eigenvalue weighted by Gasteiger charge is 2.61. The third-order valence-electron chi connectivity index (χ3n) is 7.77. The first-order valence-corrected chi connectivity index (χ1v) is 10.9. The van der Waals surface area contributed by atoms with Gasteiger partial charge in [0.05, 0.1) is 10.7 Å². The molecule has 4 rings (SSSR count). The van der Waals surface area contributed by atoms with Crippen LogP contribution in [-0.2, 0) is 19.4 Å². The largest absolute Gasteiger partial charge is 0.300 e. The van der Waals surface area contributed by atoms with E-state index in [9.17, 15) is 18.0 Å². The van der Waals surface area contributed by atoms with E-state index in [0.29, 0.717) is 31.0 Å². The van der Waals surface area contributed by atoms with Gasteiger partial charge in [0.1, 0.15) is 5.78 Å². The lowest BCUT2D eigenvalue weighted by atomic mass is 9.48. The maximum Gasteiger partial charge on any atom is 0.178 e. The van der Waals surface area contributed by atoms with Crippen molar-refractivity contribution in [2.75, 3.05) is 0 Å². The van der Waals surface area contributed by atoms with Gasteiger partial charge in [-0.25, -0.2) is 8.42 Å². The molecule has 0 aromatic carbocycles. The van der Waals surface area contributed by atoms with Crippen LogP contribution in [0.15, 0.2) is 22.6 Å². The van der Waals surface area contributed by atoms with Crippen molar-refractivity contribution in [1.29, 1.82) is 0 Å². The van der Waals surface area contributed by atoms with Gasteiger partial charge in [-0.15, -0.1) is 0 Å². The standard InChI is InChI=1S/C20H26O4S/c1-12-10-17(22)20(3)16-5-4-13-11-14(21)8-9-19(13,2)15(16)6-7-18(20)25(12,23)24/h6,10,13,16,18H,4-5,7-9,11H2,1-3H3/t13-,16-,18+,19-,20+/m1/s1. The fourth-order valence-corrected chi connectivity index (χ4v) is 8.05. The lowest BCUT2D eigenvalue weighted by Crippen LogP contribution is -2.57. The Labute approximate surface area is 149 Å². The van der Waals surface area contributed by atoms with E-state index in [2.05, 4.69) is 13.0 Å². The van der Waals surface area contributed by atoms with Crippen LogP contribution in [0.2, 0.25) is 0 Å². The van der Waals surface area contributed by atoms with E-state index >= 15 is 0 Å². The predicted octanol–water partition coefficient (Wildman–Crippen LogP) is 3.38. The fourth-order valence-electron chi connectivity index (χ4n) is 6.05. The zero-order chi connectivity index (χ0) is 18.2. The molecule has 5 heteroatoms. The molecule has 3 aliphatic carbocycles. The van der Waals surface area contributed by atoms with Crippen LogP contribution in [0.5, 0.6) is 0 Å². The summed E-state index contributed by atoms with van der Waals surface area (Å²) in [5, 5.41) is -0.642. The summed E-state index contributed by atoms with van der Waals surface area (Å²) in [5.74, 6) is 0.627. The molecule has 136 valence electrons. The van der Waals surface area contributed by atoms with Crippen LogP contribution < -0.4 is 0 Å². The maximum absolute atomic E-state index is 13.0. The van der Waals surface area contributed by atoms with E-state index in [1.54, 1.807) is 0 Å². The molecule has 0 aromatic heterocycles. The molecule has 0 unspecified atom stereocenters. The van der Waals surface area contributed by atoms with Gasteiger partial charge in [0.2, 0.25) is 0 Å². The Morgan fingerprint density at radius 3 is 2.60 bits per heavy atom. The molecule has 0 saturated heterocycles. The van der Waals surface area contributed by atoms with Crippen molar-refractivity contribution in [1.82, 2.24) is 0 Å². The summed E-state index contributed by atoms with van der Waals surface area (Å²) < 4.78 is 25.8. The number of fused-ring (bicyclic) bond motifs is 5. The van der Waals surface area contributed by atoms with Gasteiger partial charge in [0, 0.05) is 17.7 Å². The summed E-state index contributed by atoms with van der Waals surface area (Å²) in [6.07, 6.45) is 7.65. The summed E-state index contributed by atoms with van der Waals surface area (Å²) in [7, 11) is -3.42. The Balaban J connectivity index is 1.83. The van der Waals surface area contributed by atoms with Crippen LogP contribution in [0.1, 0.15) is 59.3 Å². The number of hydrogen-bond donors (Lipinski definition) is 0. The third-order valence-corrected chi connectivity index (χ3v) is 10.2. The highest BCUT2D eigenvalue weighted by atomic mass is 32.2. The molecule has 0 aromatic rings. The molecule has 0 spiro atoms. The first-order valence-electron chi connectivity index (χ1n) is 9.30. The number of hydrogen-bond acceptors (Lipinski definition) is 4. The second kappa shape index (κ2) is 5.15. The first-order chi connectivity index (χ1) is 11.6. The third kappa shape index (κ3) is 2.08. The molecule has 4 nitrogen and oxygen atoms in total. The zero-order valence-corrected chi connectivity index (χ0v) is 16.0. The van der Waals surface area contributed by atoms with Crippen molar-refractivity contribution >= 4 is 21.4 Å². The lowest BCUT2D eigenvalue weighted by molar-refractivity contribution is -0.130. The maximum atomic E-state index is 13.0. The van der Waals surface area contributed by atoms with Gasteiger partial charge >= 0.3 is 0 Å². The normalized spacial score (nSPS) is 45.6. The van der Waals surface area contributed by atoms with Gasteiger partial charge in [0.15, 0.2) is 15.6 Å². The zero-order valence-electron chi connectivity index (χ0n) is 15.2. The Morgan fingerprint density at radius 1 is 1.16 bits per heavy atom. The average Bonchev–Trinajstić information content (AvgIpc) is 2.54. The van der Waals surface area contributed by atoms with Crippen LogP contribution in [0.4, 0.5) is 0 Å². The number of allylic oxidation sites excluding steroid dienone is 4. The SMILES string of the molecule is CC1=CC(=O)[C@]2(C)[C@@H]3CC[C@@H]4CC(=O)CC[C@@]4(C)C3=CC[C@@H]2S1(=O)=O. The number of sulfone groups is 1. The van der Waals surface area contributed by atoms with Crippen LogP contribution in [0, 0.1) is 22.7 Å². The number of Topliss-reactive ketones (excluding diaryl/α,β-unsaturated/α-hetero) is 1. The minimum absolute atomic E-state index is 0.0210. The van der Waals surface area contributed by atoms with Gasteiger partial charge in [-0.05, 0) is 55.9 Å². The van der Waals surface area contributed by atoms with Gasteiger partial charge in [-0.1, -0.05) is 25.5 Å². The van der Waals surface area contributed by atoms with E-state index in [-0.39, 0.29) is 22.0 Å². The number of ketones is 2. The predicted molar refractivity (Wildman–Crippen MR) is 95.5 cm³/mol. The average molecular weight is 362 g/mol. The van der Waals surface area contributed by atoms with E-state index in [4.69, 9.17) is 0 Å². The highest BCUT2D eigenvalue weighted by Crippen LogP contribution is 2.62. The summed E-state index contributed by atoms with van der Waals surface area (Å²) in [6, 6.07) is 0. The van der Waals surface area contributed by atoms with Crippen molar-refractivity contribution in [2.24, 2.45) is 22.7 Å². The summed E-state index contributed by atoms with van der Waals surface area (Å²) in [4.78, 5) is 25.1. The van der Waals surface area contributed by atoms with Crippen molar-refractivity contribution in [3.63, 3.8) is 0 Å². The second-order valence-corrected chi connectivity index (χ2v) is 11.1. The molecule has 1 heterocycles. The molecule has 4 aliphatic rings. The van der Waals surface area contributed by atoms with E-state index in [0.717, 1.165) is 19.3 Å². The molecular formula is C20H26O4S. The van der Waals surface area contributed by atoms with Crippen LogP contribution in [0.3, 0.4) is 0 Å². The summed E-state index contributed by atoms with van der Waals surface area (Å²) in [5.41, 5.74) is 0.328. The van der Waals surface area contributed by atoms with Crippen LogP contribution in [-0.4, -0.2) is 25.2 Å². The fraction of sp³-hybridized carbons (Fsp3) is 0.700. The van der Waals surface area contributed by atoms with Crippen molar-refractivity contribution in [2.45, 2.75) is 64.5 Å². The highest BCUT2D eigenvalue weighted by molar-refractivity contribution is 7.96. The van der Waals surface area contributed by atoms with E-state index < -0.39 is 20.5 Å². The summed E-state index contributed by atoms with van der Waals surface area (Å²) >= 11 is 0. The molecule has 0 amide bonds. The Hall–Kier alpha value is -1.23. The molecule has 2 fully saturated rings. The number of carbonyl (C=O) groups is 2. The minimum Gasteiger partial charge on any atom is -0.300 e. The lowest BCUT2D eigenvalue weighted by Gasteiger charge is -2.57. The van der Waals surface area contributed by atoms with Crippen molar-refractivity contribution in [3.8, 4) is 0 Å². The molecule has 0 bridgehead atoms. The number of carbonyl (C=O) groups excluding carboxylic acids is 2. The Kier molecular flexibility index (Phi) is 3.54. The van der Waals surface area contributed by atoms with Gasteiger partial charge in [0.25, 0.3) is 0 Å². The number of rotatable bonds is 0. The van der Waals surface area contributed by atoms with Crippen LogP contribution in [0.25, 0.3) is 0 Å². The second-order valence-electron chi connectivity index (χ2n) is 8.82. The Bertz CT molecular complexity index is 834. The molecule has 0 radical (unpaired) electrons. The topological polar surface area (TPSA) is 68.3 Å². The van der Waals surface area contributed by atoms with Crippen molar-refractivity contribution in [3.05, 3.63) is 22.6 Å². The molecule has 0 N–H and O–H groups in total. The minimum atomic E-state index is -3.42.